The topological polar surface area (TPSA) is 59.8 Å². The molecule has 3 rings (SSSR count). The fraction of sp³-hybridized carbons (Fsp3) is 0.214. The Hall–Kier alpha value is -2.21. The number of fused-ring (bicyclic) bond motifs is 1. The summed E-state index contributed by atoms with van der Waals surface area (Å²) in [6, 6.07) is 9.58. The molecule has 5 nitrogen and oxygen atoms in total. The lowest BCUT2D eigenvalue weighted by Crippen LogP contribution is -2.12. The summed E-state index contributed by atoms with van der Waals surface area (Å²) in [5.74, 6) is 0.0117. The van der Waals surface area contributed by atoms with E-state index < -0.39 is 0 Å². The number of benzene rings is 1. The fourth-order valence-electron chi connectivity index (χ4n) is 2.06. The highest BCUT2D eigenvalue weighted by molar-refractivity contribution is 7.00. The lowest BCUT2D eigenvalue weighted by molar-refractivity contribution is -0.116. The highest BCUT2D eigenvalue weighted by Crippen LogP contribution is 2.21. The van der Waals surface area contributed by atoms with Gasteiger partial charge >= 0.3 is 0 Å². The molecule has 1 N–H and O–H groups in total. The number of hydrogen-bond donors (Lipinski definition) is 1. The standard InChI is InChI=1S/C14H14N4OS/c19-13(7-4-10-18-8-1-2-9-18)15-11-5-3-6-12-14(11)17-20-16-12/h1-3,5-6,8-9H,4,7,10H2,(H,15,19). The zero-order chi connectivity index (χ0) is 13.8. The molecule has 2 aromatic heterocycles. The van der Waals surface area contributed by atoms with E-state index in [2.05, 4.69) is 18.6 Å². The lowest BCUT2D eigenvalue weighted by Gasteiger charge is -2.06. The molecule has 0 unspecified atom stereocenters. The van der Waals surface area contributed by atoms with Crippen LogP contribution < -0.4 is 5.32 Å². The van der Waals surface area contributed by atoms with Crippen molar-refractivity contribution in [2.75, 3.05) is 5.32 Å². The minimum absolute atomic E-state index is 0.0117. The molecule has 0 radical (unpaired) electrons. The van der Waals surface area contributed by atoms with Crippen LogP contribution in [-0.2, 0) is 11.3 Å². The van der Waals surface area contributed by atoms with Gasteiger partial charge in [0.2, 0.25) is 5.91 Å². The molecule has 0 saturated heterocycles. The molecule has 1 aromatic carbocycles. The van der Waals surface area contributed by atoms with Gasteiger partial charge in [-0.1, -0.05) is 6.07 Å². The van der Waals surface area contributed by atoms with Crippen molar-refractivity contribution in [1.82, 2.24) is 13.3 Å². The highest BCUT2D eigenvalue weighted by atomic mass is 32.1. The van der Waals surface area contributed by atoms with E-state index in [1.807, 2.05) is 42.7 Å². The van der Waals surface area contributed by atoms with Gasteiger partial charge in [-0.15, -0.1) is 0 Å². The van der Waals surface area contributed by atoms with Crippen LogP contribution in [0, 0.1) is 0 Å². The summed E-state index contributed by atoms with van der Waals surface area (Å²) in [6.07, 6.45) is 5.30. The van der Waals surface area contributed by atoms with E-state index in [1.165, 1.54) is 0 Å². The maximum absolute atomic E-state index is 11.9. The van der Waals surface area contributed by atoms with Gasteiger partial charge in [0.1, 0.15) is 11.0 Å². The first-order valence-electron chi connectivity index (χ1n) is 6.45. The van der Waals surface area contributed by atoms with E-state index in [0.717, 1.165) is 41.4 Å². The number of aromatic nitrogens is 3. The number of aryl methyl sites for hydroxylation is 1. The van der Waals surface area contributed by atoms with Crippen LogP contribution in [0.25, 0.3) is 11.0 Å². The molecule has 2 heterocycles. The van der Waals surface area contributed by atoms with E-state index in [4.69, 9.17) is 0 Å². The van der Waals surface area contributed by atoms with Crippen LogP contribution in [0.5, 0.6) is 0 Å². The first kappa shape index (κ1) is 12.8. The average Bonchev–Trinajstić information content (AvgIpc) is 3.09. The molecule has 0 spiro atoms. The Morgan fingerprint density at radius 1 is 1.20 bits per heavy atom. The predicted octanol–water partition coefficient (Wildman–Crippen LogP) is 2.91. The molecular formula is C14H14N4OS. The Labute approximate surface area is 120 Å². The van der Waals surface area contributed by atoms with E-state index in [1.54, 1.807) is 0 Å². The van der Waals surface area contributed by atoms with E-state index in [9.17, 15) is 4.79 Å². The molecule has 1 amide bonds. The third-order valence-corrected chi connectivity index (χ3v) is 3.59. The Balaban J connectivity index is 1.57. The van der Waals surface area contributed by atoms with Gasteiger partial charge in [0.05, 0.1) is 17.4 Å². The Bertz CT molecular complexity index is 705. The zero-order valence-electron chi connectivity index (χ0n) is 10.8. The number of hydrogen-bond acceptors (Lipinski definition) is 4. The third-order valence-electron chi connectivity index (χ3n) is 3.05. The number of rotatable bonds is 5. The average molecular weight is 286 g/mol. The second kappa shape index (κ2) is 5.83. The van der Waals surface area contributed by atoms with E-state index >= 15 is 0 Å². The summed E-state index contributed by atoms with van der Waals surface area (Å²) in [4.78, 5) is 11.9. The molecule has 0 bridgehead atoms. The molecule has 0 atom stereocenters. The largest absolute Gasteiger partial charge is 0.354 e. The van der Waals surface area contributed by atoms with Crippen molar-refractivity contribution in [1.29, 1.82) is 0 Å². The minimum atomic E-state index is 0.0117. The van der Waals surface area contributed by atoms with Gasteiger partial charge in [-0.3, -0.25) is 4.79 Å². The summed E-state index contributed by atoms with van der Waals surface area (Å²) >= 11 is 1.16. The van der Waals surface area contributed by atoms with Gasteiger partial charge in [-0.2, -0.15) is 8.75 Å². The SMILES string of the molecule is O=C(CCCn1cccc1)Nc1cccc2nsnc12. The molecule has 20 heavy (non-hydrogen) atoms. The second-order valence-corrected chi connectivity index (χ2v) is 5.04. The Morgan fingerprint density at radius 3 is 2.90 bits per heavy atom. The molecule has 0 aliphatic carbocycles. The van der Waals surface area contributed by atoms with Gasteiger partial charge in [0, 0.05) is 25.4 Å². The van der Waals surface area contributed by atoms with Gasteiger partial charge in [0.15, 0.2) is 0 Å². The monoisotopic (exact) mass is 286 g/mol. The van der Waals surface area contributed by atoms with Crippen molar-refractivity contribution in [2.24, 2.45) is 0 Å². The van der Waals surface area contributed by atoms with Crippen LogP contribution in [0.2, 0.25) is 0 Å². The van der Waals surface area contributed by atoms with Crippen LogP contribution in [-0.4, -0.2) is 19.2 Å². The summed E-state index contributed by atoms with van der Waals surface area (Å²) in [5, 5.41) is 2.91. The van der Waals surface area contributed by atoms with Crippen LogP contribution in [0.3, 0.4) is 0 Å². The van der Waals surface area contributed by atoms with Crippen LogP contribution in [0.1, 0.15) is 12.8 Å². The number of carbonyl (C=O) groups excluding carboxylic acids is 1. The van der Waals surface area contributed by atoms with E-state index in [0.29, 0.717) is 6.42 Å². The predicted molar refractivity (Wildman–Crippen MR) is 79.7 cm³/mol. The minimum Gasteiger partial charge on any atom is -0.354 e. The van der Waals surface area contributed by atoms with Gasteiger partial charge < -0.3 is 9.88 Å². The Morgan fingerprint density at radius 2 is 2.05 bits per heavy atom. The maximum Gasteiger partial charge on any atom is 0.224 e. The Kier molecular flexibility index (Phi) is 3.73. The first-order valence-corrected chi connectivity index (χ1v) is 7.18. The number of nitrogens with zero attached hydrogens (tertiary/aromatic N) is 3. The first-order chi connectivity index (χ1) is 9.83. The molecular weight excluding hydrogens is 272 g/mol. The molecule has 0 aliphatic rings. The fourth-order valence-corrected chi connectivity index (χ4v) is 2.61. The normalized spacial score (nSPS) is 10.8. The van der Waals surface area contributed by atoms with Gasteiger partial charge in [-0.25, -0.2) is 0 Å². The smallest absolute Gasteiger partial charge is 0.224 e. The van der Waals surface area contributed by atoms with Crippen LogP contribution in [0.15, 0.2) is 42.7 Å². The lowest BCUT2D eigenvalue weighted by atomic mass is 10.2. The summed E-state index contributed by atoms with van der Waals surface area (Å²) < 4.78 is 10.4. The summed E-state index contributed by atoms with van der Waals surface area (Å²) in [5.41, 5.74) is 2.32. The molecule has 6 heteroatoms. The summed E-state index contributed by atoms with van der Waals surface area (Å²) in [7, 11) is 0. The van der Waals surface area contributed by atoms with E-state index in [-0.39, 0.29) is 5.91 Å². The van der Waals surface area contributed by atoms with Crippen LogP contribution in [0.4, 0.5) is 5.69 Å². The second-order valence-electron chi connectivity index (χ2n) is 4.51. The molecule has 0 fully saturated rings. The quantitative estimate of drug-likeness (QED) is 0.784. The van der Waals surface area contributed by atoms with Gasteiger partial charge in [-0.05, 0) is 30.7 Å². The van der Waals surface area contributed by atoms with Crippen molar-refractivity contribution in [3.63, 3.8) is 0 Å². The number of anilines is 1. The molecule has 0 aliphatic heterocycles. The van der Waals surface area contributed by atoms with Crippen LogP contribution >= 0.6 is 11.7 Å². The summed E-state index contributed by atoms with van der Waals surface area (Å²) in [6.45, 7) is 0.850. The zero-order valence-corrected chi connectivity index (χ0v) is 11.6. The number of amides is 1. The van der Waals surface area contributed by atoms with Gasteiger partial charge in [0.25, 0.3) is 0 Å². The maximum atomic E-state index is 11.9. The number of carbonyl (C=O) groups is 1. The van der Waals surface area contributed by atoms with Crippen molar-refractivity contribution >= 4 is 34.4 Å². The molecule has 102 valence electrons. The molecule has 3 aromatic rings. The van der Waals surface area contributed by atoms with Crippen molar-refractivity contribution in [3.8, 4) is 0 Å². The number of nitrogens with one attached hydrogen (secondary N) is 1. The molecule has 0 saturated carbocycles. The highest BCUT2D eigenvalue weighted by Gasteiger charge is 2.08. The van der Waals surface area contributed by atoms with Crippen molar-refractivity contribution in [3.05, 3.63) is 42.7 Å². The van der Waals surface area contributed by atoms with Crippen molar-refractivity contribution < 1.29 is 4.79 Å². The third kappa shape index (κ3) is 2.85. The van der Waals surface area contributed by atoms with Crippen molar-refractivity contribution in [2.45, 2.75) is 19.4 Å².